The topological polar surface area (TPSA) is 65.8 Å². The van der Waals surface area contributed by atoms with Gasteiger partial charge in [-0.2, -0.15) is 0 Å². The van der Waals surface area contributed by atoms with Gasteiger partial charge in [0.2, 0.25) is 0 Å². The summed E-state index contributed by atoms with van der Waals surface area (Å²) < 4.78 is 16.1. The number of amides is 1. The predicted molar refractivity (Wildman–Crippen MR) is 156 cm³/mol. The minimum atomic E-state index is -0.248. The molecule has 0 aliphatic carbocycles. The molecule has 0 radical (unpaired) electrons. The Balaban J connectivity index is 0.00000172. The molecule has 7 nitrogen and oxygen atoms in total. The lowest BCUT2D eigenvalue weighted by molar-refractivity contribution is 0.0772. The van der Waals surface area contributed by atoms with Crippen molar-refractivity contribution in [1.82, 2.24) is 24.2 Å². The van der Waals surface area contributed by atoms with Gasteiger partial charge in [-0.15, -0.1) is 0 Å². The van der Waals surface area contributed by atoms with Crippen molar-refractivity contribution in [3.8, 4) is 11.3 Å². The molecule has 0 bridgehead atoms. The maximum atomic E-state index is 14.2. The molecule has 0 unspecified atom stereocenters. The number of nitrogens with zero attached hydrogens (tertiary/aromatic N) is 5. The maximum absolute atomic E-state index is 14.2. The number of benzene rings is 2. The van der Waals surface area contributed by atoms with Crippen LogP contribution in [0.4, 0.5) is 15.9 Å². The first kappa shape index (κ1) is 28.2. The second-order valence-corrected chi connectivity index (χ2v) is 9.86. The summed E-state index contributed by atoms with van der Waals surface area (Å²) in [4.78, 5) is 26.4. The molecular weight excluding hydrogens is 491 g/mol. The number of imidazole rings is 1. The first-order chi connectivity index (χ1) is 18.9. The number of hydrogen-bond donors (Lipinski definition) is 1. The lowest BCUT2D eigenvalue weighted by atomic mass is 10.1. The quantitative estimate of drug-likeness (QED) is 0.296. The number of likely N-dealkylation sites (tertiary alicyclic amines) is 1. The third kappa shape index (κ3) is 6.45. The Bertz CT molecular complexity index is 1430. The van der Waals surface area contributed by atoms with Crippen LogP contribution >= 0.6 is 0 Å². The zero-order valence-electron chi connectivity index (χ0n) is 23.7. The van der Waals surface area contributed by atoms with Crippen molar-refractivity contribution in [2.24, 2.45) is 0 Å². The van der Waals surface area contributed by atoms with Gasteiger partial charge in [-0.1, -0.05) is 32.4 Å². The highest BCUT2D eigenvalue weighted by Crippen LogP contribution is 2.27. The molecule has 0 atom stereocenters. The molecule has 0 saturated carbocycles. The van der Waals surface area contributed by atoms with Gasteiger partial charge in [-0.25, -0.2) is 14.4 Å². The summed E-state index contributed by atoms with van der Waals surface area (Å²) in [5.41, 5.74) is 5.17. The molecule has 1 aliphatic heterocycles. The van der Waals surface area contributed by atoms with Crippen LogP contribution in [0, 0.1) is 19.7 Å². The first-order valence-corrected chi connectivity index (χ1v) is 13.8. The van der Waals surface area contributed by atoms with Crippen LogP contribution in [-0.2, 0) is 0 Å². The van der Waals surface area contributed by atoms with Crippen molar-refractivity contribution in [3.63, 3.8) is 0 Å². The number of likely N-dealkylation sites (N-methyl/N-ethyl adjacent to an activating group) is 1. The van der Waals surface area contributed by atoms with E-state index in [9.17, 15) is 9.18 Å². The molecular formula is C31H39FN6O. The molecule has 1 aliphatic rings. The van der Waals surface area contributed by atoms with Crippen LogP contribution in [0.2, 0.25) is 0 Å². The summed E-state index contributed by atoms with van der Waals surface area (Å²) in [5.74, 6) is 0.366. The Kier molecular flexibility index (Phi) is 9.30. The van der Waals surface area contributed by atoms with Gasteiger partial charge in [0.25, 0.3) is 5.91 Å². The number of aryl methyl sites for hydroxylation is 2. The van der Waals surface area contributed by atoms with Gasteiger partial charge in [0.05, 0.1) is 11.9 Å². The van der Waals surface area contributed by atoms with Crippen molar-refractivity contribution < 1.29 is 9.18 Å². The molecule has 206 valence electrons. The molecule has 5 rings (SSSR count). The second kappa shape index (κ2) is 12.8. The summed E-state index contributed by atoms with van der Waals surface area (Å²) in [6.45, 7) is 11.6. The lowest BCUT2D eigenvalue weighted by Crippen LogP contribution is -2.38. The van der Waals surface area contributed by atoms with Crippen LogP contribution in [0.1, 0.15) is 54.6 Å². The van der Waals surface area contributed by atoms with Crippen LogP contribution in [-0.4, -0.2) is 63.3 Å². The van der Waals surface area contributed by atoms with E-state index in [-0.39, 0.29) is 11.7 Å². The molecule has 2 aromatic carbocycles. The van der Waals surface area contributed by atoms with Gasteiger partial charge in [0.15, 0.2) is 11.5 Å². The number of nitrogens with one attached hydrogen (secondary N) is 1. The summed E-state index contributed by atoms with van der Waals surface area (Å²) in [6.07, 6.45) is 9.03. The van der Waals surface area contributed by atoms with Crippen molar-refractivity contribution in [3.05, 3.63) is 77.5 Å². The fraction of sp³-hybridized carbons (Fsp3) is 0.387. The Hall–Kier alpha value is -3.78. The SMILES string of the molecule is CC.Cc1ccc(-c2cnc3c(Nc4ccc(C(=O)N(C)CCN5CCCCC5)c(C)c4)nccn23)cc1F. The average Bonchev–Trinajstić information content (AvgIpc) is 3.40. The zero-order chi connectivity index (χ0) is 27.9. The van der Waals surface area contributed by atoms with Crippen LogP contribution in [0.5, 0.6) is 0 Å². The van der Waals surface area contributed by atoms with Gasteiger partial charge in [-0.05, 0) is 75.2 Å². The number of carbonyl (C=O) groups excluding carboxylic acids is 1. The largest absolute Gasteiger partial charge is 0.340 e. The first-order valence-electron chi connectivity index (χ1n) is 13.8. The summed E-state index contributed by atoms with van der Waals surface area (Å²) in [6, 6.07) is 10.9. The molecule has 2 aromatic heterocycles. The number of rotatable bonds is 7. The van der Waals surface area contributed by atoms with E-state index in [4.69, 9.17) is 0 Å². The van der Waals surface area contributed by atoms with Crippen LogP contribution < -0.4 is 5.32 Å². The fourth-order valence-electron chi connectivity index (χ4n) is 4.87. The van der Waals surface area contributed by atoms with E-state index in [1.165, 1.54) is 25.3 Å². The number of halogens is 1. The highest BCUT2D eigenvalue weighted by atomic mass is 19.1. The lowest BCUT2D eigenvalue weighted by Gasteiger charge is -2.28. The van der Waals surface area contributed by atoms with Crippen molar-refractivity contribution in [2.45, 2.75) is 47.0 Å². The van der Waals surface area contributed by atoms with E-state index in [1.54, 1.807) is 25.4 Å². The number of aromatic nitrogens is 3. The average molecular weight is 531 g/mol. The van der Waals surface area contributed by atoms with Crippen molar-refractivity contribution in [1.29, 1.82) is 0 Å². The molecule has 0 spiro atoms. The van der Waals surface area contributed by atoms with Gasteiger partial charge < -0.3 is 15.1 Å². The van der Waals surface area contributed by atoms with E-state index in [0.29, 0.717) is 22.6 Å². The fourth-order valence-corrected chi connectivity index (χ4v) is 4.87. The highest BCUT2D eigenvalue weighted by Gasteiger charge is 2.17. The van der Waals surface area contributed by atoms with E-state index in [0.717, 1.165) is 48.7 Å². The Morgan fingerprint density at radius 2 is 1.79 bits per heavy atom. The van der Waals surface area contributed by atoms with Crippen LogP contribution in [0.15, 0.2) is 55.0 Å². The van der Waals surface area contributed by atoms with Gasteiger partial charge in [0.1, 0.15) is 5.82 Å². The molecule has 1 saturated heterocycles. The third-order valence-electron chi connectivity index (χ3n) is 7.16. The smallest absolute Gasteiger partial charge is 0.253 e. The molecule has 1 fully saturated rings. The van der Waals surface area contributed by atoms with E-state index < -0.39 is 0 Å². The van der Waals surface area contributed by atoms with E-state index in [1.807, 2.05) is 67.6 Å². The second-order valence-electron chi connectivity index (χ2n) is 9.86. The number of fused-ring (bicyclic) bond motifs is 1. The van der Waals surface area contributed by atoms with E-state index >= 15 is 0 Å². The van der Waals surface area contributed by atoms with Crippen LogP contribution in [0.25, 0.3) is 16.9 Å². The number of carbonyl (C=O) groups is 1. The molecule has 8 heteroatoms. The maximum Gasteiger partial charge on any atom is 0.253 e. The van der Waals surface area contributed by atoms with Crippen LogP contribution in [0.3, 0.4) is 0 Å². The molecule has 1 amide bonds. The standard InChI is InChI=1S/C29H33FN6O.C2H6/c1-20-7-8-22(18-25(20)30)26-19-32-28-27(31-11-14-36(26)28)33-23-9-10-24(21(2)17-23)29(37)34(3)15-16-35-12-5-4-6-13-35;1-2/h7-11,14,17-19H,4-6,12-13,15-16H2,1-3H3,(H,31,33);1-2H3. The number of piperidine rings is 1. The Morgan fingerprint density at radius 3 is 2.51 bits per heavy atom. The van der Waals surface area contributed by atoms with Gasteiger partial charge in [0, 0.05) is 49.3 Å². The van der Waals surface area contributed by atoms with Gasteiger partial charge >= 0.3 is 0 Å². The molecule has 1 N–H and O–H groups in total. The summed E-state index contributed by atoms with van der Waals surface area (Å²) >= 11 is 0. The Labute approximate surface area is 230 Å². The monoisotopic (exact) mass is 530 g/mol. The molecule has 3 heterocycles. The number of anilines is 2. The molecule has 4 aromatic rings. The van der Waals surface area contributed by atoms with E-state index in [2.05, 4.69) is 20.2 Å². The van der Waals surface area contributed by atoms with Crippen molar-refractivity contribution >= 4 is 23.1 Å². The number of hydrogen-bond acceptors (Lipinski definition) is 5. The highest BCUT2D eigenvalue weighted by molar-refractivity contribution is 5.96. The third-order valence-corrected chi connectivity index (χ3v) is 7.16. The normalized spacial score (nSPS) is 13.6. The van der Waals surface area contributed by atoms with Gasteiger partial charge in [-0.3, -0.25) is 9.20 Å². The minimum absolute atomic E-state index is 0.0320. The molecule has 39 heavy (non-hydrogen) atoms. The van der Waals surface area contributed by atoms with Crippen molar-refractivity contribution in [2.75, 3.05) is 38.5 Å². The zero-order valence-corrected chi connectivity index (χ0v) is 23.7. The minimum Gasteiger partial charge on any atom is -0.340 e. The Morgan fingerprint density at radius 1 is 1.03 bits per heavy atom. The predicted octanol–water partition coefficient (Wildman–Crippen LogP) is 6.48. The summed E-state index contributed by atoms with van der Waals surface area (Å²) in [5, 5.41) is 3.34. The summed E-state index contributed by atoms with van der Waals surface area (Å²) in [7, 11) is 1.87.